The number of amidine groups is 1. The molecule has 0 bridgehead atoms. The Labute approximate surface area is 81.0 Å². The Morgan fingerprint density at radius 3 is 3.15 bits per heavy atom. The molecule has 2 N–H and O–H groups in total. The SMILES string of the molecule is COc1cccc2c1N=C(N)CS2. The number of ether oxygens (including phenoxy) is 1. The predicted molar refractivity (Wildman–Crippen MR) is 55.0 cm³/mol. The fourth-order valence-corrected chi connectivity index (χ4v) is 2.05. The second kappa shape index (κ2) is 3.30. The zero-order chi connectivity index (χ0) is 9.26. The number of para-hydroxylation sites is 1. The van der Waals surface area contributed by atoms with Crippen molar-refractivity contribution in [2.75, 3.05) is 12.9 Å². The van der Waals surface area contributed by atoms with Crippen LogP contribution in [-0.4, -0.2) is 18.7 Å². The molecule has 1 heterocycles. The fraction of sp³-hybridized carbons (Fsp3) is 0.222. The Hall–Kier alpha value is -1.16. The van der Waals surface area contributed by atoms with Gasteiger partial charge in [-0.25, -0.2) is 4.99 Å². The second-order valence-corrected chi connectivity index (χ2v) is 3.72. The second-order valence-electron chi connectivity index (χ2n) is 2.70. The summed E-state index contributed by atoms with van der Waals surface area (Å²) >= 11 is 1.69. The van der Waals surface area contributed by atoms with Crippen LogP contribution in [0.25, 0.3) is 0 Å². The van der Waals surface area contributed by atoms with E-state index >= 15 is 0 Å². The average Bonchev–Trinajstić information content (AvgIpc) is 2.17. The van der Waals surface area contributed by atoms with Crippen molar-refractivity contribution in [3.8, 4) is 5.75 Å². The summed E-state index contributed by atoms with van der Waals surface area (Å²) in [6, 6.07) is 5.88. The number of hydrogen-bond acceptors (Lipinski definition) is 4. The molecule has 0 amide bonds. The molecule has 1 aromatic rings. The third kappa shape index (κ3) is 1.49. The van der Waals surface area contributed by atoms with E-state index < -0.39 is 0 Å². The monoisotopic (exact) mass is 194 g/mol. The van der Waals surface area contributed by atoms with Crippen LogP contribution in [0.15, 0.2) is 28.1 Å². The van der Waals surface area contributed by atoms with Crippen molar-refractivity contribution in [3.05, 3.63) is 18.2 Å². The number of nitrogens with zero attached hydrogens (tertiary/aromatic N) is 1. The quantitative estimate of drug-likeness (QED) is 0.741. The number of rotatable bonds is 1. The lowest BCUT2D eigenvalue weighted by molar-refractivity contribution is 0.415. The summed E-state index contributed by atoms with van der Waals surface area (Å²) in [5.74, 6) is 2.20. The van der Waals surface area contributed by atoms with Crippen LogP contribution in [0.3, 0.4) is 0 Å². The lowest BCUT2D eigenvalue weighted by atomic mass is 10.3. The molecule has 0 saturated heterocycles. The number of benzene rings is 1. The molecule has 1 aromatic carbocycles. The number of methoxy groups -OCH3 is 1. The van der Waals surface area contributed by atoms with E-state index in [-0.39, 0.29) is 0 Å². The molecule has 0 unspecified atom stereocenters. The lowest BCUT2D eigenvalue weighted by Gasteiger charge is -2.14. The summed E-state index contributed by atoms with van der Waals surface area (Å²) in [6.45, 7) is 0. The maximum absolute atomic E-state index is 5.65. The Morgan fingerprint density at radius 2 is 2.38 bits per heavy atom. The first-order valence-corrected chi connectivity index (χ1v) is 4.92. The van der Waals surface area contributed by atoms with Crippen molar-refractivity contribution in [3.63, 3.8) is 0 Å². The van der Waals surface area contributed by atoms with Crippen molar-refractivity contribution in [2.45, 2.75) is 4.90 Å². The first-order chi connectivity index (χ1) is 6.31. The van der Waals surface area contributed by atoms with Gasteiger partial charge >= 0.3 is 0 Å². The van der Waals surface area contributed by atoms with Gasteiger partial charge in [0.15, 0.2) is 0 Å². The highest BCUT2D eigenvalue weighted by Crippen LogP contribution is 2.39. The van der Waals surface area contributed by atoms with Crippen LogP contribution in [0, 0.1) is 0 Å². The zero-order valence-corrected chi connectivity index (χ0v) is 8.10. The molecule has 0 saturated carbocycles. The molecule has 2 rings (SSSR count). The Balaban J connectivity index is 2.55. The van der Waals surface area contributed by atoms with E-state index in [1.165, 1.54) is 0 Å². The molecule has 1 aliphatic rings. The van der Waals surface area contributed by atoms with E-state index in [9.17, 15) is 0 Å². The molecule has 0 fully saturated rings. The molecule has 0 aliphatic carbocycles. The summed E-state index contributed by atoms with van der Waals surface area (Å²) in [5.41, 5.74) is 6.51. The number of thioether (sulfide) groups is 1. The number of hydrogen-bond donors (Lipinski definition) is 1. The highest BCUT2D eigenvalue weighted by Gasteiger charge is 2.13. The topological polar surface area (TPSA) is 47.6 Å². The molecule has 68 valence electrons. The van der Waals surface area contributed by atoms with E-state index in [1.54, 1.807) is 18.9 Å². The van der Waals surface area contributed by atoms with Gasteiger partial charge < -0.3 is 10.5 Å². The van der Waals surface area contributed by atoms with Crippen LogP contribution < -0.4 is 10.5 Å². The summed E-state index contributed by atoms with van der Waals surface area (Å²) < 4.78 is 5.18. The minimum absolute atomic E-state index is 0.655. The van der Waals surface area contributed by atoms with Crippen LogP contribution in [0.5, 0.6) is 5.75 Å². The smallest absolute Gasteiger partial charge is 0.145 e. The maximum atomic E-state index is 5.65. The first-order valence-electron chi connectivity index (χ1n) is 3.94. The normalized spacial score (nSPS) is 14.7. The Bertz CT molecular complexity index is 363. The van der Waals surface area contributed by atoms with E-state index in [0.717, 1.165) is 22.1 Å². The standard InChI is InChI=1S/C9H10N2OS/c1-12-6-3-2-4-7-9(6)11-8(10)5-13-7/h2-4H,5H2,1H3,(H2,10,11). The highest BCUT2D eigenvalue weighted by atomic mass is 32.2. The van der Waals surface area contributed by atoms with Gasteiger partial charge in [0, 0.05) is 4.90 Å². The van der Waals surface area contributed by atoms with Crippen molar-refractivity contribution >= 4 is 23.3 Å². The van der Waals surface area contributed by atoms with Crippen LogP contribution in [0.1, 0.15) is 0 Å². The average molecular weight is 194 g/mol. The van der Waals surface area contributed by atoms with Crippen molar-refractivity contribution in [1.82, 2.24) is 0 Å². The largest absolute Gasteiger partial charge is 0.494 e. The molecule has 4 heteroatoms. The van der Waals surface area contributed by atoms with E-state index in [2.05, 4.69) is 4.99 Å². The van der Waals surface area contributed by atoms with E-state index in [1.807, 2.05) is 18.2 Å². The van der Waals surface area contributed by atoms with Gasteiger partial charge in [-0.1, -0.05) is 6.07 Å². The van der Waals surface area contributed by atoms with Crippen LogP contribution in [0.2, 0.25) is 0 Å². The predicted octanol–water partition coefficient (Wildman–Crippen LogP) is 1.79. The van der Waals surface area contributed by atoms with Gasteiger partial charge in [-0.3, -0.25) is 0 Å². The Morgan fingerprint density at radius 1 is 1.54 bits per heavy atom. The lowest BCUT2D eigenvalue weighted by Crippen LogP contribution is -2.16. The molecule has 3 nitrogen and oxygen atoms in total. The number of fused-ring (bicyclic) bond motifs is 1. The van der Waals surface area contributed by atoms with Gasteiger partial charge in [-0.15, -0.1) is 11.8 Å². The molecular weight excluding hydrogens is 184 g/mol. The molecule has 0 radical (unpaired) electrons. The first kappa shape index (κ1) is 8.44. The number of aliphatic imine (C=N–C) groups is 1. The van der Waals surface area contributed by atoms with Crippen molar-refractivity contribution < 1.29 is 4.74 Å². The van der Waals surface area contributed by atoms with Gasteiger partial charge in [0.25, 0.3) is 0 Å². The van der Waals surface area contributed by atoms with Gasteiger partial charge in [0.2, 0.25) is 0 Å². The molecular formula is C9H10N2OS. The van der Waals surface area contributed by atoms with Gasteiger partial charge in [-0.05, 0) is 12.1 Å². The van der Waals surface area contributed by atoms with E-state index in [4.69, 9.17) is 10.5 Å². The fourth-order valence-electron chi connectivity index (χ4n) is 1.22. The highest BCUT2D eigenvalue weighted by molar-refractivity contribution is 8.00. The third-order valence-corrected chi connectivity index (χ3v) is 2.89. The maximum Gasteiger partial charge on any atom is 0.145 e. The van der Waals surface area contributed by atoms with Crippen molar-refractivity contribution in [1.29, 1.82) is 0 Å². The Kier molecular flexibility index (Phi) is 2.14. The minimum Gasteiger partial charge on any atom is -0.494 e. The van der Waals surface area contributed by atoms with Crippen molar-refractivity contribution in [2.24, 2.45) is 10.7 Å². The van der Waals surface area contributed by atoms with Crippen LogP contribution in [-0.2, 0) is 0 Å². The van der Waals surface area contributed by atoms with Crippen LogP contribution >= 0.6 is 11.8 Å². The molecule has 1 aliphatic heterocycles. The van der Waals surface area contributed by atoms with Gasteiger partial charge in [0.05, 0.1) is 12.9 Å². The molecule has 0 spiro atoms. The zero-order valence-electron chi connectivity index (χ0n) is 7.28. The summed E-state index contributed by atoms with van der Waals surface area (Å²) in [6.07, 6.45) is 0. The van der Waals surface area contributed by atoms with Crippen LogP contribution in [0.4, 0.5) is 5.69 Å². The third-order valence-electron chi connectivity index (χ3n) is 1.81. The van der Waals surface area contributed by atoms with Gasteiger partial charge in [0.1, 0.15) is 17.3 Å². The van der Waals surface area contributed by atoms with E-state index in [0.29, 0.717) is 5.84 Å². The molecule has 0 atom stereocenters. The molecule has 0 aromatic heterocycles. The van der Waals surface area contributed by atoms with Gasteiger partial charge in [-0.2, -0.15) is 0 Å². The summed E-state index contributed by atoms with van der Waals surface area (Å²) in [7, 11) is 1.64. The summed E-state index contributed by atoms with van der Waals surface area (Å²) in [5, 5.41) is 0. The minimum atomic E-state index is 0.655. The number of nitrogens with two attached hydrogens (primary N) is 1. The molecule has 13 heavy (non-hydrogen) atoms. The summed E-state index contributed by atoms with van der Waals surface area (Å²) in [4.78, 5) is 5.40.